The number of ether oxygens (including phenoxy) is 2. The van der Waals surface area contributed by atoms with E-state index in [1.807, 2.05) is 25.1 Å². The number of carboxylic acid groups (broad SMARTS) is 1. The summed E-state index contributed by atoms with van der Waals surface area (Å²) in [5.41, 5.74) is 3.06. The van der Waals surface area contributed by atoms with Crippen LogP contribution in [0, 0.1) is 12.7 Å². The highest BCUT2D eigenvalue weighted by Gasteiger charge is 2.23. The van der Waals surface area contributed by atoms with Crippen molar-refractivity contribution in [1.82, 2.24) is 4.90 Å². The number of benzene rings is 2. The minimum Gasteiger partial charge on any atom is -0.489 e. The molecule has 2 aromatic carbocycles. The van der Waals surface area contributed by atoms with Gasteiger partial charge in [-0.15, -0.1) is 0 Å². The van der Waals surface area contributed by atoms with Gasteiger partial charge in [0.1, 0.15) is 18.2 Å². The van der Waals surface area contributed by atoms with Crippen molar-refractivity contribution in [2.24, 2.45) is 0 Å². The van der Waals surface area contributed by atoms with E-state index in [4.69, 9.17) is 14.6 Å². The highest BCUT2D eigenvalue weighted by molar-refractivity contribution is 5.66. The summed E-state index contributed by atoms with van der Waals surface area (Å²) in [4.78, 5) is 12.9. The summed E-state index contributed by atoms with van der Waals surface area (Å²) >= 11 is 0. The van der Waals surface area contributed by atoms with E-state index in [0.717, 1.165) is 29.0 Å². The van der Waals surface area contributed by atoms with Crippen molar-refractivity contribution in [3.8, 4) is 5.75 Å². The second kappa shape index (κ2) is 8.97. The SMILES string of the molecule is Cc1cc(OCc2ccc(F)cc2)ccc1C1CN(CCC(=O)O)CCO1. The van der Waals surface area contributed by atoms with Crippen LogP contribution in [-0.4, -0.2) is 42.2 Å². The number of hydrogen-bond donors (Lipinski definition) is 1. The van der Waals surface area contributed by atoms with Gasteiger partial charge in [-0.05, 0) is 47.9 Å². The summed E-state index contributed by atoms with van der Waals surface area (Å²) < 4.78 is 24.7. The number of aryl methyl sites for hydroxylation is 1. The van der Waals surface area contributed by atoms with Crippen molar-refractivity contribution >= 4 is 5.97 Å². The quantitative estimate of drug-likeness (QED) is 0.804. The van der Waals surface area contributed by atoms with Gasteiger partial charge in [0.05, 0.1) is 19.1 Å². The molecule has 0 spiro atoms. The molecule has 0 radical (unpaired) electrons. The van der Waals surface area contributed by atoms with Gasteiger partial charge in [-0.1, -0.05) is 18.2 Å². The highest BCUT2D eigenvalue weighted by Crippen LogP contribution is 2.28. The molecule has 1 heterocycles. The third-order valence-corrected chi connectivity index (χ3v) is 4.70. The molecule has 27 heavy (non-hydrogen) atoms. The number of hydrogen-bond acceptors (Lipinski definition) is 4. The van der Waals surface area contributed by atoms with Gasteiger partial charge in [0.2, 0.25) is 0 Å². The summed E-state index contributed by atoms with van der Waals surface area (Å²) in [7, 11) is 0. The minimum atomic E-state index is -0.781. The van der Waals surface area contributed by atoms with Gasteiger partial charge in [-0.25, -0.2) is 4.39 Å². The van der Waals surface area contributed by atoms with E-state index in [2.05, 4.69) is 4.90 Å². The summed E-state index contributed by atoms with van der Waals surface area (Å²) in [6.45, 7) is 4.95. The number of carboxylic acids is 1. The van der Waals surface area contributed by atoms with Crippen LogP contribution in [0.2, 0.25) is 0 Å². The maximum Gasteiger partial charge on any atom is 0.304 e. The van der Waals surface area contributed by atoms with Crippen molar-refractivity contribution in [3.63, 3.8) is 0 Å². The zero-order valence-electron chi connectivity index (χ0n) is 15.4. The first-order chi connectivity index (χ1) is 13.0. The largest absolute Gasteiger partial charge is 0.489 e. The van der Waals surface area contributed by atoms with E-state index >= 15 is 0 Å². The smallest absolute Gasteiger partial charge is 0.304 e. The normalized spacial score (nSPS) is 17.6. The first-order valence-electron chi connectivity index (χ1n) is 9.05. The third kappa shape index (κ3) is 5.52. The molecule has 0 amide bonds. The van der Waals surface area contributed by atoms with Crippen molar-refractivity contribution in [1.29, 1.82) is 0 Å². The van der Waals surface area contributed by atoms with Crippen LogP contribution in [0.1, 0.15) is 29.2 Å². The molecule has 1 aliphatic rings. The molecule has 1 aliphatic heterocycles. The van der Waals surface area contributed by atoms with Gasteiger partial charge < -0.3 is 14.6 Å². The van der Waals surface area contributed by atoms with Crippen LogP contribution < -0.4 is 4.74 Å². The van der Waals surface area contributed by atoms with Gasteiger partial charge in [-0.3, -0.25) is 9.69 Å². The van der Waals surface area contributed by atoms with Crippen LogP contribution >= 0.6 is 0 Å². The maximum atomic E-state index is 13.0. The molecule has 0 aliphatic carbocycles. The fourth-order valence-electron chi connectivity index (χ4n) is 3.19. The molecule has 6 heteroatoms. The van der Waals surface area contributed by atoms with Gasteiger partial charge in [-0.2, -0.15) is 0 Å². The zero-order chi connectivity index (χ0) is 19.2. The summed E-state index contributed by atoms with van der Waals surface area (Å²) in [5, 5.41) is 8.86. The molecule has 2 aromatic rings. The Morgan fingerprint density at radius 1 is 1.30 bits per heavy atom. The van der Waals surface area contributed by atoms with E-state index in [-0.39, 0.29) is 18.3 Å². The average Bonchev–Trinajstić information content (AvgIpc) is 2.66. The molecule has 1 unspecified atom stereocenters. The minimum absolute atomic E-state index is 0.0707. The maximum absolute atomic E-state index is 13.0. The second-order valence-electron chi connectivity index (χ2n) is 6.74. The Bertz CT molecular complexity index is 778. The molecular weight excluding hydrogens is 349 g/mol. The highest BCUT2D eigenvalue weighted by atomic mass is 19.1. The molecule has 0 aromatic heterocycles. The molecule has 3 rings (SSSR count). The average molecular weight is 373 g/mol. The molecular formula is C21H24FNO4. The fraction of sp³-hybridized carbons (Fsp3) is 0.381. The third-order valence-electron chi connectivity index (χ3n) is 4.70. The Labute approximate surface area is 158 Å². The molecule has 1 saturated heterocycles. The van der Waals surface area contributed by atoms with Gasteiger partial charge >= 0.3 is 5.97 Å². The second-order valence-corrected chi connectivity index (χ2v) is 6.74. The van der Waals surface area contributed by atoms with Crippen molar-refractivity contribution in [3.05, 3.63) is 65.0 Å². The molecule has 1 atom stereocenters. The lowest BCUT2D eigenvalue weighted by Crippen LogP contribution is -2.39. The van der Waals surface area contributed by atoms with Crippen LogP contribution in [0.15, 0.2) is 42.5 Å². The van der Waals surface area contributed by atoms with Crippen molar-refractivity contribution in [2.45, 2.75) is 26.1 Å². The Balaban J connectivity index is 1.60. The first kappa shape index (κ1) is 19.3. The number of rotatable bonds is 7. The zero-order valence-corrected chi connectivity index (χ0v) is 15.4. The predicted molar refractivity (Wildman–Crippen MR) is 99.3 cm³/mol. The summed E-state index contributed by atoms with van der Waals surface area (Å²) in [5.74, 6) is -0.292. The van der Waals surface area contributed by atoms with Crippen LogP contribution in [0.25, 0.3) is 0 Å². The van der Waals surface area contributed by atoms with E-state index < -0.39 is 5.97 Å². The van der Waals surface area contributed by atoms with Gasteiger partial charge in [0.25, 0.3) is 0 Å². The Morgan fingerprint density at radius 3 is 2.78 bits per heavy atom. The molecule has 0 bridgehead atoms. The number of halogens is 1. The lowest BCUT2D eigenvalue weighted by Gasteiger charge is -2.33. The van der Waals surface area contributed by atoms with Crippen LogP contribution in [0.4, 0.5) is 4.39 Å². The molecule has 1 N–H and O–H groups in total. The van der Waals surface area contributed by atoms with Crippen molar-refractivity contribution in [2.75, 3.05) is 26.2 Å². The van der Waals surface area contributed by atoms with E-state index in [9.17, 15) is 9.18 Å². The molecule has 144 valence electrons. The summed E-state index contributed by atoms with van der Waals surface area (Å²) in [6, 6.07) is 12.1. The Morgan fingerprint density at radius 2 is 2.07 bits per heavy atom. The van der Waals surface area contributed by atoms with E-state index in [0.29, 0.717) is 26.3 Å². The molecule has 1 fully saturated rings. The lowest BCUT2D eigenvalue weighted by molar-refractivity contribution is -0.137. The summed E-state index contributed by atoms with van der Waals surface area (Å²) in [6.07, 6.45) is 0.0701. The predicted octanol–water partition coefficient (Wildman–Crippen LogP) is 3.56. The monoisotopic (exact) mass is 373 g/mol. The van der Waals surface area contributed by atoms with E-state index in [1.165, 1.54) is 12.1 Å². The number of aliphatic carboxylic acids is 1. The lowest BCUT2D eigenvalue weighted by atomic mass is 10.0. The number of morpholine rings is 1. The van der Waals surface area contributed by atoms with Crippen LogP contribution in [0.3, 0.4) is 0 Å². The molecule has 5 nitrogen and oxygen atoms in total. The number of carbonyl (C=O) groups is 1. The van der Waals surface area contributed by atoms with Crippen LogP contribution in [-0.2, 0) is 16.1 Å². The van der Waals surface area contributed by atoms with Crippen molar-refractivity contribution < 1.29 is 23.8 Å². The van der Waals surface area contributed by atoms with Gasteiger partial charge in [0.15, 0.2) is 0 Å². The molecule has 0 saturated carbocycles. The van der Waals surface area contributed by atoms with Crippen LogP contribution in [0.5, 0.6) is 5.75 Å². The van der Waals surface area contributed by atoms with E-state index in [1.54, 1.807) is 12.1 Å². The topological polar surface area (TPSA) is 59.0 Å². The number of nitrogens with zero attached hydrogens (tertiary/aromatic N) is 1. The first-order valence-corrected chi connectivity index (χ1v) is 9.05. The standard InChI is InChI=1S/C21H24FNO4/c1-15-12-18(27-14-16-2-4-17(22)5-3-16)6-7-19(15)20-13-23(10-11-26-20)9-8-21(24)25/h2-7,12,20H,8-11,13-14H2,1H3,(H,24,25). The fourth-order valence-corrected chi connectivity index (χ4v) is 3.19. The Hall–Kier alpha value is -2.44. The van der Waals surface area contributed by atoms with Gasteiger partial charge in [0, 0.05) is 19.6 Å². The Kier molecular flexibility index (Phi) is 6.42.